The minimum absolute atomic E-state index is 0. The van der Waals surface area contributed by atoms with E-state index in [1.807, 2.05) is 0 Å². The Morgan fingerprint density at radius 3 is 1.48 bits per heavy atom. The van der Waals surface area contributed by atoms with Crippen molar-refractivity contribution in [3.63, 3.8) is 0 Å². The van der Waals surface area contributed by atoms with E-state index in [4.69, 9.17) is 0 Å². The maximum absolute atomic E-state index is 3.32. The molecule has 2 aliphatic carbocycles. The first-order valence-corrected chi connectivity index (χ1v) is 8.39. The molecule has 0 heterocycles. The van der Waals surface area contributed by atoms with E-state index in [9.17, 15) is 0 Å². The van der Waals surface area contributed by atoms with Gasteiger partial charge in [0.15, 0.2) is 0 Å². The fraction of sp³-hybridized carbons (Fsp3) is 0.600. The van der Waals surface area contributed by atoms with Gasteiger partial charge in [-0.15, -0.1) is 12.8 Å². The standard InChI is InChI=1S/2C10H15.Zr/c2*1-2-3-4-7-10-8-5-6-9-10;/h2*5,8H,2-4,6-7H2,1H3;/q2*-1;+2. The first-order valence-electron chi connectivity index (χ1n) is 8.39. The molecular formula is C20H30Zr. The van der Waals surface area contributed by atoms with Crippen LogP contribution >= 0.6 is 0 Å². The summed E-state index contributed by atoms with van der Waals surface area (Å²) >= 11 is 0. The van der Waals surface area contributed by atoms with E-state index in [-0.39, 0.29) is 26.2 Å². The van der Waals surface area contributed by atoms with Gasteiger partial charge in [-0.1, -0.05) is 65.2 Å². The third kappa shape index (κ3) is 11.1. The van der Waals surface area contributed by atoms with Gasteiger partial charge in [0, 0.05) is 0 Å². The fourth-order valence-corrected chi connectivity index (χ4v) is 2.37. The Morgan fingerprint density at radius 1 is 0.762 bits per heavy atom. The van der Waals surface area contributed by atoms with Crippen molar-refractivity contribution in [1.29, 1.82) is 0 Å². The molecule has 21 heavy (non-hydrogen) atoms. The third-order valence-corrected chi connectivity index (χ3v) is 3.63. The number of allylic oxidation sites excluding steroid dienone is 8. The zero-order chi connectivity index (χ0) is 14.5. The maximum atomic E-state index is 3.32. The molecule has 0 saturated carbocycles. The second kappa shape index (κ2) is 14.8. The van der Waals surface area contributed by atoms with Gasteiger partial charge in [0.25, 0.3) is 0 Å². The van der Waals surface area contributed by atoms with E-state index in [1.54, 1.807) is 0 Å². The Labute approximate surface area is 151 Å². The van der Waals surface area contributed by atoms with Crippen LogP contribution in [-0.2, 0) is 26.2 Å². The molecule has 0 aliphatic heterocycles. The summed E-state index contributed by atoms with van der Waals surface area (Å²) in [6.45, 7) is 4.48. The molecule has 0 N–H and O–H groups in total. The molecule has 2 rings (SSSR count). The van der Waals surface area contributed by atoms with Gasteiger partial charge >= 0.3 is 26.2 Å². The molecule has 0 spiro atoms. The summed E-state index contributed by atoms with van der Waals surface area (Å²) in [6.07, 6.45) is 28.0. The van der Waals surface area contributed by atoms with Crippen molar-refractivity contribution < 1.29 is 26.2 Å². The summed E-state index contributed by atoms with van der Waals surface area (Å²) in [5.74, 6) is 0. The monoisotopic (exact) mass is 360 g/mol. The Bertz CT molecular complexity index is 322. The van der Waals surface area contributed by atoms with Crippen molar-refractivity contribution in [3.05, 3.63) is 47.6 Å². The summed E-state index contributed by atoms with van der Waals surface area (Å²) < 4.78 is 0. The van der Waals surface area contributed by atoms with Crippen LogP contribution in [0.2, 0.25) is 0 Å². The molecule has 0 aromatic carbocycles. The van der Waals surface area contributed by atoms with Gasteiger partial charge in [0.2, 0.25) is 0 Å². The van der Waals surface area contributed by atoms with E-state index in [0.29, 0.717) is 0 Å². The zero-order valence-corrected chi connectivity index (χ0v) is 16.3. The Morgan fingerprint density at radius 2 is 1.19 bits per heavy atom. The molecule has 0 fully saturated rings. The number of hydrogen-bond acceptors (Lipinski definition) is 0. The molecule has 0 saturated heterocycles. The SMILES string of the molecule is CCCCCC1=[C-]CC=C1.CCCCCC1=[C-]CC=C1.[Zr+2]. The molecule has 0 bridgehead atoms. The van der Waals surface area contributed by atoms with Crippen molar-refractivity contribution in [2.45, 2.75) is 78.1 Å². The van der Waals surface area contributed by atoms with Gasteiger partial charge in [-0.3, -0.25) is 12.2 Å². The fourth-order valence-electron chi connectivity index (χ4n) is 2.37. The van der Waals surface area contributed by atoms with Crippen molar-refractivity contribution in [2.24, 2.45) is 0 Å². The molecule has 0 nitrogen and oxygen atoms in total. The molecule has 0 amide bonds. The van der Waals surface area contributed by atoms with Gasteiger partial charge < -0.3 is 0 Å². The third-order valence-electron chi connectivity index (χ3n) is 3.63. The van der Waals surface area contributed by atoms with Crippen molar-refractivity contribution in [1.82, 2.24) is 0 Å². The van der Waals surface area contributed by atoms with Crippen LogP contribution in [0.4, 0.5) is 0 Å². The summed E-state index contributed by atoms with van der Waals surface area (Å²) in [4.78, 5) is 0. The van der Waals surface area contributed by atoms with Crippen LogP contribution < -0.4 is 0 Å². The van der Waals surface area contributed by atoms with E-state index >= 15 is 0 Å². The van der Waals surface area contributed by atoms with Crippen molar-refractivity contribution in [3.8, 4) is 0 Å². The summed E-state index contributed by atoms with van der Waals surface area (Å²) in [7, 11) is 0. The van der Waals surface area contributed by atoms with Crippen LogP contribution in [0.25, 0.3) is 0 Å². The van der Waals surface area contributed by atoms with E-state index in [1.165, 1.54) is 62.5 Å². The molecule has 1 heteroatoms. The minimum Gasteiger partial charge on any atom is -0.269 e. The number of hydrogen-bond donors (Lipinski definition) is 0. The first-order chi connectivity index (χ1) is 9.86. The van der Waals surface area contributed by atoms with Gasteiger partial charge in [-0.2, -0.15) is 12.2 Å². The molecule has 0 atom stereocenters. The van der Waals surface area contributed by atoms with E-state index < -0.39 is 0 Å². The second-order valence-electron chi connectivity index (χ2n) is 5.53. The molecule has 0 unspecified atom stereocenters. The summed E-state index contributed by atoms with van der Waals surface area (Å²) in [5.41, 5.74) is 2.85. The number of rotatable bonds is 8. The van der Waals surface area contributed by atoms with Gasteiger partial charge in [0.1, 0.15) is 0 Å². The average Bonchev–Trinajstić information content (AvgIpc) is 3.13. The molecule has 0 aromatic heterocycles. The number of unbranched alkanes of at least 4 members (excludes halogenated alkanes) is 4. The normalized spacial score (nSPS) is 15.1. The quantitative estimate of drug-likeness (QED) is 0.341. The topological polar surface area (TPSA) is 0 Å². The van der Waals surface area contributed by atoms with Gasteiger partial charge in [-0.05, 0) is 0 Å². The predicted molar refractivity (Wildman–Crippen MR) is 89.3 cm³/mol. The molecule has 0 radical (unpaired) electrons. The zero-order valence-electron chi connectivity index (χ0n) is 13.9. The maximum Gasteiger partial charge on any atom is 2.00 e. The minimum atomic E-state index is 0. The summed E-state index contributed by atoms with van der Waals surface area (Å²) in [6, 6.07) is 0. The molecular weight excluding hydrogens is 331 g/mol. The Kier molecular flexibility index (Phi) is 14.7. The van der Waals surface area contributed by atoms with E-state index in [2.05, 4.69) is 50.3 Å². The van der Waals surface area contributed by atoms with Gasteiger partial charge in [0.05, 0.1) is 0 Å². The molecule has 114 valence electrons. The predicted octanol–water partition coefficient (Wildman–Crippen LogP) is 6.51. The van der Waals surface area contributed by atoms with E-state index in [0.717, 1.165) is 12.8 Å². The average molecular weight is 362 g/mol. The van der Waals surface area contributed by atoms with Crippen LogP contribution in [-0.4, -0.2) is 0 Å². The molecule has 2 aliphatic rings. The van der Waals surface area contributed by atoms with Crippen LogP contribution in [0.15, 0.2) is 35.5 Å². The van der Waals surface area contributed by atoms with Crippen LogP contribution in [0, 0.1) is 12.2 Å². The second-order valence-corrected chi connectivity index (χ2v) is 5.53. The van der Waals surface area contributed by atoms with Crippen molar-refractivity contribution >= 4 is 0 Å². The van der Waals surface area contributed by atoms with Gasteiger partial charge in [-0.25, -0.2) is 23.3 Å². The van der Waals surface area contributed by atoms with Crippen LogP contribution in [0.3, 0.4) is 0 Å². The Hall–Kier alpha value is -0.157. The first kappa shape index (κ1) is 20.8. The Balaban J connectivity index is 0.000000364. The van der Waals surface area contributed by atoms with Crippen LogP contribution in [0.1, 0.15) is 78.1 Å². The van der Waals surface area contributed by atoms with Crippen LogP contribution in [0.5, 0.6) is 0 Å². The largest absolute Gasteiger partial charge is 2.00 e. The summed E-state index contributed by atoms with van der Waals surface area (Å²) in [5, 5.41) is 0. The smallest absolute Gasteiger partial charge is 0.269 e. The molecule has 0 aromatic rings. The van der Waals surface area contributed by atoms with Crippen molar-refractivity contribution in [2.75, 3.05) is 0 Å².